The molecule has 0 saturated heterocycles. The van der Waals surface area contributed by atoms with Crippen LogP contribution in [-0.2, 0) is 0 Å². The summed E-state index contributed by atoms with van der Waals surface area (Å²) in [7, 11) is 0. The normalized spacial score (nSPS) is 20.6. The Kier molecular flexibility index (Phi) is 4.10. The summed E-state index contributed by atoms with van der Waals surface area (Å²) in [5.74, 6) is 0.242. The minimum Gasteiger partial charge on any atom is -0.375 e. The van der Waals surface area contributed by atoms with Crippen LogP contribution in [0.5, 0.6) is 0 Å². The summed E-state index contributed by atoms with van der Waals surface area (Å²) in [4.78, 5) is 4.64. The van der Waals surface area contributed by atoms with Crippen molar-refractivity contribution in [3.63, 3.8) is 0 Å². The third-order valence-corrected chi connectivity index (χ3v) is 4.01. The number of benzene rings is 1. The first-order chi connectivity index (χ1) is 10.3. The lowest BCUT2D eigenvalue weighted by molar-refractivity contribution is 0.602. The van der Waals surface area contributed by atoms with Gasteiger partial charge < -0.3 is 5.73 Å². The molecule has 1 unspecified atom stereocenters. The van der Waals surface area contributed by atoms with Gasteiger partial charge in [0.2, 0.25) is 0 Å². The molecule has 4 nitrogen and oxygen atoms in total. The zero-order valence-corrected chi connectivity index (χ0v) is 12.6. The standard InChI is InChI=1S/C16H18N4S/c17-16(21)20-19-14-8-4-3-7-13(14)15-12-6-2-1-5-11(12)9-10-18-15/h1-2,5-6,9-10,13H,3-4,7-8H2,(H3,17,20,21)/b19-14+. The van der Waals surface area contributed by atoms with Crippen molar-refractivity contribution in [2.75, 3.05) is 0 Å². The summed E-state index contributed by atoms with van der Waals surface area (Å²) in [6, 6.07) is 10.4. The van der Waals surface area contributed by atoms with Gasteiger partial charge in [-0.05, 0) is 42.9 Å². The van der Waals surface area contributed by atoms with E-state index in [1.165, 1.54) is 17.2 Å². The Hall–Kier alpha value is -2.01. The highest BCUT2D eigenvalue weighted by Crippen LogP contribution is 2.33. The van der Waals surface area contributed by atoms with Crippen LogP contribution in [0.4, 0.5) is 0 Å². The number of hydrazone groups is 1. The van der Waals surface area contributed by atoms with Crippen molar-refractivity contribution in [1.82, 2.24) is 10.4 Å². The first-order valence-corrected chi connectivity index (χ1v) is 7.62. The topological polar surface area (TPSA) is 63.3 Å². The highest BCUT2D eigenvalue weighted by Gasteiger charge is 2.25. The van der Waals surface area contributed by atoms with Crippen LogP contribution in [0.3, 0.4) is 0 Å². The van der Waals surface area contributed by atoms with Crippen molar-refractivity contribution in [2.45, 2.75) is 31.6 Å². The fraction of sp³-hybridized carbons (Fsp3) is 0.312. The van der Waals surface area contributed by atoms with Gasteiger partial charge in [-0.25, -0.2) is 0 Å². The van der Waals surface area contributed by atoms with E-state index >= 15 is 0 Å². The molecule has 0 aliphatic heterocycles. The average molecular weight is 298 g/mol. The molecular formula is C16H18N4S. The number of nitrogens with one attached hydrogen (secondary N) is 1. The van der Waals surface area contributed by atoms with E-state index in [2.05, 4.69) is 39.8 Å². The van der Waals surface area contributed by atoms with Crippen molar-refractivity contribution >= 4 is 33.8 Å². The van der Waals surface area contributed by atoms with Crippen LogP contribution in [0.2, 0.25) is 0 Å². The molecule has 0 radical (unpaired) electrons. The van der Waals surface area contributed by atoms with E-state index in [0.717, 1.165) is 30.7 Å². The van der Waals surface area contributed by atoms with Crippen molar-refractivity contribution in [2.24, 2.45) is 10.8 Å². The minimum atomic E-state index is 0.206. The molecule has 1 heterocycles. The molecule has 3 N–H and O–H groups in total. The molecule has 1 fully saturated rings. The number of nitrogens with two attached hydrogens (primary N) is 1. The second-order valence-electron chi connectivity index (χ2n) is 5.29. The number of hydrogen-bond donors (Lipinski definition) is 2. The predicted molar refractivity (Wildman–Crippen MR) is 90.3 cm³/mol. The molecule has 2 aromatic rings. The molecule has 108 valence electrons. The molecule has 1 aromatic carbocycles. The lowest BCUT2D eigenvalue weighted by Crippen LogP contribution is -2.28. The Morgan fingerprint density at radius 2 is 2.14 bits per heavy atom. The molecule has 1 atom stereocenters. The van der Waals surface area contributed by atoms with Gasteiger partial charge in [0.25, 0.3) is 0 Å². The van der Waals surface area contributed by atoms with Crippen LogP contribution in [0.15, 0.2) is 41.6 Å². The number of aromatic nitrogens is 1. The lowest BCUT2D eigenvalue weighted by atomic mass is 9.83. The molecule has 21 heavy (non-hydrogen) atoms. The number of rotatable bonds is 2. The van der Waals surface area contributed by atoms with Crippen LogP contribution in [-0.4, -0.2) is 15.8 Å². The summed E-state index contributed by atoms with van der Waals surface area (Å²) in [5, 5.41) is 7.03. The Morgan fingerprint density at radius 3 is 3.00 bits per heavy atom. The Balaban J connectivity index is 2.02. The number of fused-ring (bicyclic) bond motifs is 1. The van der Waals surface area contributed by atoms with Gasteiger partial charge in [0.1, 0.15) is 0 Å². The summed E-state index contributed by atoms with van der Waals surface area (Å²) in [6.45, 7) is 0. The maximum atomic E-state index is 5.48. The van der Waals surface area contributed by atoms with E-state index < -0.39 is 0 Å². The smallest absolute Gasteiger partial charge is 0.184 e. The zero-order valence-electron chi connectivity index (χ0n) is 11.7. The molecule has 5 heteroatoms. The third kappa shape index (κ3) is 3.03. The Morgan fingerprint density at radius 1 is 1.29 bits per heavy atom. The van der Waals surface area contributed by atoms with Gasteiger partial charge in [0.05, 0.1) is 5.69 Å². The SMILES string of the molecule is NC(=S)N/N=C1\CCCCC1c1nccc2ccccc12. The lowest BCUT2D eigenvalue weighted by Gasteiger charge is -2.24. The molecule has 1 aliphatic rings. The summed E-state index contributed by atoms with van der Waals surface area (Å²) in [5.41, 5.74) is 10.4. The maximum absolute atomic E-state index is 5.48. The van der Waals surface area contributed by atoms with Crippen molar-refractivity contribution in [1.29, 1.82) is 0 Å². The molecule has 1 saturated carbocycles. The van der Waals surface area contributed by atoms with Crippen LogP contribution in [0.1, 0.15) is 37.3 Å². The van der Waals surface area contributed by atoms with E-state index in [-0.39, 0.29) is 11.0 Å². The Bertz CT molecular complexity index is 690. The summed E-state index contributed by atoms with van der Waals surface area (Å²) < 4.78 is 0. The first kappa shape index (κ1) is 13.9. The number of pyridine rings is 1. The van der Waals surface area contributed by atoms with Gasteiger partial charge in [0.15, 0.2) is 5.11 Å². The molecule has 0 bridgehead atoms. The van der Waals surface area contributed by atoms with E-state index in [4.69, 9.17) is 18.0 Å². The van der Waals surface area contributed by atoms with Gasteiger partial charge in [-0.15, -0.1) is 0 Å². The third-order valence-electron chi connectivity index (χ3n) is 3.92. The maximum Gasteiger partial charge on any atom is 0.184 e. The van der Waals surface area contributed by atoms with Crippen LogP contribution >= 0.6 is 12.2 Å². The number of hydrogen-bond acceptors (Lipinski definition) is 3. The molecule has 1 aliphatic carbocycles. The van der Waals surface area contributed by atoms with E-state index in [0.29, 0.717) is 0 Å². The van der Waals surface area contributed by atoms with Gasteiger partial charge in [0, 0.05) is 23.2 Å². The van der Waals surface area contributed by atoms with Gasteiger partial charge >= 0.3 is 0 Å². The second kappa shape index (κ2) is 6.18. The van der Waals surface area contributed by atoms with Crippen molar-refractivity contribution in [3.05, 3.63) is 42.2 Å². The predicted octanol–water partition coefficient (Wildman–Crippen LogP) is 3.08. The van der Waals surface area contributed by atoms with Gasteiger partial charge in [-0.2, -0.15) is 5.10 Å². The van der Waals surface area contributed by atoms with Crippen LogP contribution in [0.25, 0.3) is 10.8 Å². The molecule has 3 rings (SSSR count). The molecular weight excluding hydrogens is 280 g/mol. The van der Waals surface area contributed by atoms with Gasteiger partial charge in [-0.3, -0.25) is 10.4 Å². The number of nitrogens with zero attached hydrogens (tertiary/aromatic N) is 2. The average Bonchev–Trinajstić information content (AvgIpc) is 2.53. The molecule has 0 spiro atoms. The van der Waals surface area contributed by atoms with Crippen molar-refractivity contribution < 1.29 is 0 Å². The quantitative estimate of drug-likeness (QED) is 0.660. The van der Waals surface area contributed by atoms with Gasteiger partial charge in [-0.1, -0.05) is 30.7 Å². The fourth-order valence-corrected chi connectivity index (χ4v) is 3.02. The summed E-state index contributed by atoms with van der Waals surface area (Å²) in [6.07, 6.45) is 6.26. The van der Waals surface area contributed by atoms with E-state index in [1.807, 2.05) is 12.3 Å². The highest BCUT2D eigenvalue weighted by molar-refractivity contribution is 7.80. The number of thiocarbonyl (C=S) groups is 1. The Labute approximate surface area is 129 Å². The zero-order chi connectivity index (χ0) is 14.7. The van der Waals surface area contributed by atoms with E-state index in [9.17, 15) is 0 Å². The van der Waals surface area contributed by atoms with E-state index in [1.54, 1.807) is 0 Å². The largest absolute Gasteiger partial charge is 0.375 e. The molecule has 1 aromatic heterocycles. The summed E-state index contributed by atoms with van der Waals surface area (Å²) >= 11 is 4.84. The second-order valence-corrected chi connectivity index (χ2v) is 5.73. The van der Waals surface area contributed by atoms with Crippen LogP contribution in [0, 0.1) is 0 Å². The minimum absolute atomic E-state index is 0.206. The van der Waals surface area contributed by atoms with Crippen molar-refractivity contribution in [3.8, 4) is 0 Å². The highest BCUT2D eigenvalue weighted by atomic mass is 32.1. The molecule has 0 amide bonds. The first-order valence-electron chi connectivity index (χ1n) is 7.21. The fourth-order valence-electron chi connectivity index (χ4n) is 2.97. The van der Waals surface area contributed by atoms with Crippen LogP contribution < -0.4 is 11.2 Å². The monoisotopic (exact) mass is 298 g/mol.